The zero-order valence-electron chi connectivity index (χ0n) is 19.7. The van der Waals surface area contributed by atoms with E-state index in [1.54, 1.807) is 17.0 Å². The SMILES string of the molecule is Cc1ccc2c(c1)c(N1CCN(C(=O)c3ccco3)CC1)c([N+](=O)[O-])c(=O)n2CCCN(C)C. The molecule has 2 aromatic heterocycles. The molecular formula is C24H29N5O5. The molecule has 0 unspecified atom stereocenters. The molecule has 1 fully saturated rings. The van der Waals surface area contributed by atoms with E-state index in [-0.39, 0.29) is 11.7 Å². The zero-order chi connectivity index (χ0) is 24.4. The summed E-state index contributed by atoms with van der Waals surface area (Å²) in [6.07, 6.45) is 2.15. The van der Waals surface area contributed by atoms with Gasteiger partial charge in [0.2, 0.25) is 0 Å². The van der Waals surface area contributed by atoms with Gasteiger partial charge in [-0.1, -0.05) is 11.6 Å². The second-order valence-corrected chi connectivity index (χ2v) is 8.85. The van der Waals surface area contributed by atoms with Gasteiger partial charge in [-0.3, -0.25) is 19.7 Å². The highest BCUT2D eigenvalue weighted by atomic mass is 16.6. The molecule has 0 spiro atoms. The molecule has 34 heavy (non-hydrogen) atoms. The highest BCUT2D eigenvalue weighted by Gasteiger charge is 2.32. The third kappa shape index (κ3) is 4.54. The lowest BCUT2D eigenvalue weighted by Gasteiger charge is -2.36. The van der Waals surface area contributed by atoms with E-state index in [0.717, 1.165) is 12.1 Å². The first-order valence-corrected chi connectivity index (χ1v) is 11.3. The number of rotatable bonds is 7. The van der Waals surface area contributed by atoms with Crippen molar-refractivity contribution in [1.29, 1.82) is 0 Å². The molecule has 0 atom stereocenters. The quantitative estimate of drug-likeness (QED) is 0.389. The highest BCUT2D eigenvalue weighted by molar-refractivity contribution is 5.97. The Kier molecular flexibility index (Phi) is 6.69. The van der Waals surface area contributed by atoms with Crippen molar-refractivity contribution in [1.82, 2.24) is 14.4 Å². The van der Waals surface area contributed by atoms with Crippen molar-refractivity contribution in [3.63, 3.8) is 0 Å². The van der Waals surface area contributed by atoms with Crippen molar-refractivity contribution in [2.75, 3.05) is 51.7 Å². The van der Waals surface area contributed by atoms with Crippen molar-refractivity contribution in [2.24, 2.45) is 0 Å². The maximum atomic E-state index is 13.4. The second-order valence-electron chi connectivity index (χ2n) is 8.85. The van der Waals surface area contributed by atoms with Crippen LogP contribution in [0.25, 0.3) is 10.9 Å². The van der Waals surface area contributed by atoms with E-state index in [0.29, 0.717) is 55.7 Å². The normalized spacial score (nSPS) is 14.2. The standard InChI is InChI=1S/C24H29N5O5/c1-17-7-8-19-18(16-17)21(22(29(32)33)24(31)28(19)10-5-9-25(2)3)26-11-13-27(14-12-26)23(30)20-6-4-15-34-20/h4,6-8,15-16H,5,9-14H2,1-3H3. The first kappa shape index (κ1) is 23.5. The van der Waals surface area contributed by atoms with Gasteiger partial charge in [0.05, 0.1) is 16.7 Å². The average Bonchev–Trinajstić information content (AvgIpc) is 3.34. The number of furan rings is 1. The van der Waals surface area contributed by atoms with E-state index >= 15 is 0 Å². The fourth-order valence-corrected chi connectivity index (χ4v) is 4.48. The van der Waals surface area contributed by atoms with Crippen LogP contribution in [0, 0.1) is 17.0 Å². The number of carbonyl (C=O) groups is 1. The van der Waals surface area contributed by atoms with E-state index in [4.69, 9.17) is 4.42 Å². The Morgan fingerprint density at radius 3 is 2.53 bits per heavy atom. The fraction of sp³-hybridized carbons (Fsp3) is 0.417. The topological polar surface area (TPSA) is 105 Å². The third-order valence-corrected chi connectivity index (χ3v) is 6.15. The molecule has 1 aromatic carbocycles. The Morgan fingerprint density at radius 2 is 1.91 bits per heavy atom. The summed E-state index contributed by atoms with van der Waals surface area (Å²) >= 11 is 0. The number of nitrogens with zero attached hydrogens (tertiary/aromatic N) is 5. The molecule has 1 saturated heterocycles. The van der Waals surface area contributed by atoms with Crippen LogP contribution in [0.15, 0.2) is 45.8 Å². The van der Waals surface area contributed by atoms with Gasteiger partial charge in [0.1, 0.15) is 5.69 Å². The van der Waals surface area contributed by atoms with E-state index in [1.807, 2.05) is 49.0 Å². The zero-order valence-corrected chi connectivity index (χ0v) is 19.7. The molecule has 3 heterocycles. The van der Waals surface area contributed by atoms with Gasteiger partial charge in [-0.15, -0.1) is 0 Å². The Hall–Kier alpha value is -3.66. The van der Waals surface area contributed by atoms with Crippen LogP contribution < -0.4 is 10.5 Å². The number of carbonyl (C=O) groups excluding carboxylic acids is 1. The van der Waals surface area contributed by atoms with Gasteiger partial charge >= 0.3 is 11.2 Å². The largest absolute Gasteiger partial charge is 0.459 e. The second kappa shape index (κ2) is 9.68. The Labute approximate surface area is 197 Å². The Morgan fingerprint density at radius 1 is 1.18 bits per heavy atom. The number of hydrogen-bond acceptors (Lipinski definition) is 7. The predicted octanol–water partition coefficient (Wildman–Crippen LogP) is 2.73. The van der Waals surface area contributed by atoms with Crippen molar-refractivity contribution < 1.29 is 14.1 Å². The van der Waals surface area contributed by atoms with Crippen molar-refractivity contribution in [3.05, 3.63) is 68.4 Å². The molecular weight excluding hydrogens is 438 g/mol. The van der Waals surface area contributed by atoms with E-state index < -0.39 is 16.2 Å². The van der Waals surface area contributed by atoms with Gasteiger partial charge in [0.25, 0.3) is 5.91 Å². The number of benzene rings is 1. The molecule has 1 aliphatic rings. The molecule has 10 heteroatoms. The predicted molar refractivity (Wildman–Crippen MR) is 130 cm³/mol. The summed E-state index contributed by atoms with van der Waals surface area (Å²) < 4.78 is 6.74. The molecule has 10 nitrogen and oxygen atoms in total. The molecule has 180 valence electrons. The molecule has 4 rings (SSSR count). The number of pyridine rings is 1. The van der Waals surface area contributed by atoms with Gasteiger partial charge < -0.3 is 23.7 Å². The minimum Gasteiger partial charge on any atom is -0.459 e. The van der Waals surface area contributed by atoms with Gasteiger partial charge in [-0.2, -0.15) is 0 Å². The van der Waals surface area contributed by atoms with Crippen LogP contribution in [0.1, 0.15) is 22.5 Å². The summed E-state index contributed by atoms with van der Waals surface area (Å²) in [5, 5.41) is 12.8. The van der Waals surface area contributed by atoms with Crippen molar-refractivity contribution >= 4 is 28.2 Å². The van der Waals surface area contributed by atoms with Crippen LogP contribution in [-0.2, 0) is 6.54 Å². The maximum absolute atomic E-state index is 13.4. The molecule has 0 saturated carbocycles. The first-order valence-electron chi connectivity index (χ1n) is 11.3. The fourth-order valence-electron chi connectivity index (χ4n) is 4.48. The Bertz CT molecular complexity index is 1260. The number of aromatic nitrogens is 1. The van der Waals surface area contributed by atoms with Gasteiger partial charge in [-0.25, -0.2) is 0 Å². The summed E-state index contributed by atoms with van der Waals surface area (Å²) in [5.74, 6) is 0.0528. The molecule has 1 amide bonds. The third-order valence-electron chi connectivity index (χ3n) is 6.15. The van der Waals surface area contributed by atoms with Crippen LogP contribution >= 0.6 is 0 Å². The highest BCUT2D eigenvalue weighted by Crippen LogP contribution is 2.35. The number of fused-ring (bicyclic) bond motifs is 1. The lowest BCUT2D eigenvalue weighted by atomic mass is 10.1. The first-order chi connectivity index (χ1) is 16.3. The number of amides is 1. The number of anilines is 1. The van der Waals surface area contributed by atoms with Crippen LogP contribution in [0.2, 0.25) is 0 Å². The number of hydrogen-bond donors (Lipinski definition) is 0. The summed E-state index contributed by atoms with van der Waals surface area (Å²) in [6, 6.07) is 8.96. The molecule has 1 aliphatic heterocycles. The summed E-state index contributed by atoms with van der Waals surface area (Å²) in [7, 11) is 3.90. The number of piperazine rings is 1. The van der Waals surface area contributed by atoms with Gasteiger partial charge in [0.15, 0.2) is 5.76 Å². The van der Waals surface area contributed by atoms with E-state index in [2.05, 4.69) is 0 Å². The smallest absolute Gasteiger partial charge is 0.357 e. The molecule has 0 N–H and O–H groups in total. The van der Waals surface area contributed by atoms with Crippen LogP contribution in [-0.4, -0.2) is 72.0 Å². The Balaban J connectivity index is 1.73. The van der Waals surface area contributed by atoms with E-state index in [1.165, 1.54) is 10.8 Å². The summed E-state index contributed by atoms with van der Waals surface area (Å²) in [4.78, 5) is 43.1. The number of aryl methyl sites for hydroxylation is 2. The minimum absolute atomic E-state index is 0.212. The molecule has 3 aromatic rings. The number of nitro groups is 1. The lowest BCUT2D eigenvalue weighted by molar-refractivity contribution is -0.385. The monoisotopic (exact) mass is 467 g/mol. The molecule has 0 aliphatic carbocycles. The molecule has 0 bridgehead atoms. The van der Waals surface area contributed by atoms with Crippen LogP contribution in [0.3, 0.4) is 0 Å². The lowest BCUT2D eigenvalue weighted by Crippen LogP contribution is -2.49. The van der Waals surface area contributed by atoms with Crippen molar-refractivity contribution in [3.8, 4) is 0 Å². The maximum Gasteiger partial charge on any atom is 0.357 e. The van der Waals surface area contributed by atoms with Crippen LogP contribution in [0.5, 0.6) is 0 Å². The minimum atomic E-state index is -0.593. The van der Waals surface area contributed by atoms with Gasteiger partial charge in [0, 0.05) is 38.1 Å². The van der Waals surface area contributed by atoms with Gasteiger partial charge in [-0.05, 0) is 58.3 Å². The van der Waals surface area contributed by atoms with E-state index in [9.17, 15) is 19.7 Å². The summed E-state index contributed by atoms with van der Waals surface area (Å²) in [6.45, 7) is 4.58. The average molecular weight is 468 g/mol. The van der Waals surface area contributed by atoms with Crippen LogP contribution in [0.4, 0.5) is 11.4 Å². The summed E-state index contributed by atoms with van der Waals surface area (Å²) in [5.41, 5.74) is 0.970. The molecule has 0 radical (unpaired) electrons. The van der Waals surface area contributed by atoms with Crippen molar-refractivity contribution in [2.45, 2.75) is 19.9 Å².